The molecule has 3 nitrogen and oxygen atoms in total. The molecule has 3 heteroatoms. The van der Waals surface area contributed by atoms with Gasteiger partial charge in [-0.15, -0.1) is 0 Å². The van der Waals surface area contributed by atoms with Gasteiger partial charge >= 0.3 is 5.97 Å². The number of unbranched alkanes of at least 4 members (excludes halogenated alkanes) is 4. The van der Waals surface area contributed by atoms with Crippen molar-refractivity contribution in [1.82, 2.24) is 0 Å². The highest BCUT2D eigenvalue weighted by Crippen LogP contribution is 2.11. The van der Waals surface area contributed by atoms with E-state index >= 15 is 0 Å². The molecule has 1 unspecified atom stereocenters. The summed E-state index contributed by atoms with van der Waals surface area (Å²) < 4.78 is 10.2. The van der Waals surface area contributed by atoms with Crippen LogP contribution in [0.15, 0.2) is 36.5 Å². The standard InChI is InChI=1S/C21H36O3/c1-4-6-7-8-9-10-11-12-13-14-15-16-17-18-19-20(23-3)21(22)24-5-2/h6-7,9-10,12-13,20H,4-5,8,11,14-19H2,1-3H3/b7-6-,10-9-,13-12-. The van der Waals surface area contributed by atoms with Crippen LogP contribution in [0.3, 0.4) is 0 Å². The highest BCUT2D eigenvalue weighted by atomic mass is 16.6. The molecule has 0 aliphatic carbocycles. The zero-order chi connectivity index (χ0) is 17.9. The van der Waals surface area contributed by atoms with Crippen molar-refractivity contribution in [3.05, 3.63) is 36.5 Å². The minimum absolute atomic E-state index is 0.235. The second-order valence-corrected chi connectivity index (χ2v) is 5.76. The Morgan fingerprint density at radius 2 is 1.50 bits per heavy atom. The minimum atomic E-state index is -0.399. The van der Waals surface area contributed by atoms with Crippen LogP contribution in [0, 0.1) is 0 Å². The Hall–Kier alpha value is -1.35. The van der Waals surface area contributed by atoms with Crippen molar-refractivity contribution in [3.63, 3.8) is 0 Å². The lowest BCUT2D eigenvalue weighted by molar-refractivity contribution is -0.155. The predicted molar refractivity (Wildman–Crippen MR) is 102 cm³/mol. The second kappa shape index (κ2) is 18.0. The zero-order valence-corrected chi connectivity index (χ0v) is 15.8. The smallest absolute Gasteiger partial charge is 0.335 e. The summed E-state index contributed by atoms with van der Waals surface area (Å²) in [5, 5.41) is 0. The number of esters is 1. The molecular weight excluding hydrogens is 300 g/mol. The summed E-state index contributed by atoms with van der Waals surface area (Å²) in [6, 6.07) is 0. The van der Waals surface area contributed by atoms with Crippen molar-refractivity contribution in [3.8, 4) is 0 Å². The molecule has 0 saturated heterocycles. The third-order valence-electron chi connectivity index (χ3n) is 3.70. The van der Waals surface area contributed by atoms with Gasteiger partial charge in [0.1, 0.15) is 0 Å². The minimum Gasteiger partial charge on any atom is -0.464 e. The molecule has 0 heterocycles. The first-order valence-corrected chi connectivity index (χ1v) is 9.40. The molecule has 24 heavy (non-hydrogen) atoms. The highest BCUT2D eigenvalue weighted by molar-refractivity contribution is 5.74. The molecule has 0 amide bonds. The van der Waals surface area contributed by atoms with Crippen LogP contribution in [-0.4, -0.2) is 25.8 Å². The van der Waals surface area contributed by atoms with Gasteiger partial charge in [0, 0.05) is 7.11 Å². The van der Waals surface area contributed by atoms with Gasteiger partial charge in [0.05, 0.1) is 6.61 Å². The number of hydrogen-bond acceptors (Lipinski definition) is 3. The molecule has 1 atom stereocenters. The Morgan fingerprint density at radius 1 is 0.875 bits per heavy atom. The van der Waals surface area contributed by atoms with E-state index in [1.807, 2.05) is 6.92 Å². The highest BCUT2D eigenvalue weighted by Gasteiger charge is 2.17. The molecule has 0 N–H and O–H groups in total. The molecule has 0 aromatic carbocycles. The predicted octanol–water partition coefficient (Wildman–Crippen LogP) is 5.76. The van der Waals surface area contributed by atoms with E-state index in [1.54, 1.807) is 7.11 Å². The monoisotopic (exact) mass is 336 g/mol. The Balaban J connectivity index is 3.51. The van der Waals surface area contributed by atoms with Crippen LogP contribution in [0.5, 0.6) is 0 Å². The summed E-state index contributed by atoms with van der Waals surface area (Å²) in [6.07, 6.45) is 22.5. The molecule has 0 bridgehead atoms. The molecule has 0 aromatic heterocycles. The lowest BCUT2D eigenvalue weighted by Gasteiger charge is -2.13. The van der Waals surface area contributed by atoms with Crippen molar-refractivity contribution < 1.29 is 14.3 Å². The zero-order valence-electron chi connectivity index (χ0n) is 15.8. The van der Waals surface area contributed by atoms with Gasteiger partial charge in [-0.2, -0.15) is 0 Å². The first kappa shape index (κ1) is 22.6. The van der Waals surface area contributed by atoms with E-state index in [2.05, 4.69) is 43.4 Å². The molecule has 0 rings (SSSR count). The molecule has 0 aliphatic rings. The fraction of sp³-hybridized carbons (Fsp3) is 0.667. The molecular formula is C21H36O3. The summed E-state index contributed by atoms with van der Waals surface area (Å²) in [5.41, 5.74) is 0. The number of carbonyl (C=O) groups excluding carboxylic acids is 1. The van der Waals surface area contributed by atoms with Crippen LogP contribution in [0.2, 0.25) is 0 Å². The van der Waals surface area contributed by atoms with E-state index in [4.69, 9.17) is 9.47 Å². The van der Waals surface area contributed by atoms with E-state index in [-0.39, 0.29) is 5.97 Å². The van der Waals surface area contributed by atoms with E-state index in [1.165, 1.54) is 12.8 Å². The van der Waals surface area contributed by atoms with Gasteiger partial charge in [-0.1, -0.05) is 62.6 Å². The Morgan fingerprint density at radius 3 is 2.12 bits per heavy atom. The topological polar surface area (TPSA) is 35.5 Å². The van der Waals surface area contributed by atoms with Crippen LogP contribution >= 0.6 is 0 Å². The fourth-order valence-electron chi connectivity index (χ4n) is 2.34. The van der Waals surface area contributed by atoms with Crippen molar-refractivity contribution >= 4 is 5.97 Å². The van der Waals surface area contributed by atoms with E-state index in [9.17, 15) is 4.79 Å². The van der Waals surface area contributed by atoms with Crippen molar-refractivity contribution in [2.45, 2.75) is 77.7 Å². The molecule has 0 spiro atoms. The maximum absolute atomic E-state index is 11.6. The van der Waals surface area contributed by atoms with Crippen molar-refractivity contribution in [1.29, 1.82) is 0 Å². The normalized spacial score (nSPS) is 13.3. The second-order valence-electron chi connectivity index (χ2n) is 5.76. The molecule has 0 aliphatic heterocycles. The van der Waals surface area contributed by atoms with Gasteiger partial charge in [-0.05, 0) is 45.4 Å². The number of ether oxygens (including phenoxy) is 2. The van der Waals surface area contributed by atoms with Gasteiger partial charge in [0.25, 0.3) is 0 Å². The molecule has 0 aromatic rings. The van der Waals surface area contributed by atoms with Crippen LogP contribution in [-0.2, 0) is 14.3 Å². The van der Waals surface area contributed by atoms with E-state index < -0.39 is 6.10 Å². The largest absolute Gasteiger partial charge is 0.464 e. The summed E-state index contributed by atoms with van der Waals surface area (Å²) in [4.78, 5) is 11.6. The Kier molecular flexibility index (Phi) is 17.0. The Bertz CT molecular complexity index is 369. The maximum atomic E-state index is 11.6. The summed E-state index contributed by atoms with van der Waals surface area (Å²) in [7, 11) is 1.57. The summed E-state index contributed by atoms with van der Waals surface area (Å²) >= 11 is 0. The molecule has 0 radical (unpaired) electrons. The van der Waals surface area contributed by atoms with Gasteiger partial charge < -0.3 is 9.47 Å². The lowest BCUT2D eigenvalue weighted by atomic mass is 10.1. The van der Waals surface area contributed by atoms with Gasteiger partial charge in [-0.25, -0.2) is 4.79 Å². The van der Waals surface area contributed by atoms with E-state index in [0.29, 0.717) is 6.61 Å². The van der Waals surface area contributed by atoms with Gasteiger partial charge in [0.2, 0.25) is 0 Å². The van der Waals surface area contributed by atoms with Crippen molar-refractivity contribution in [2.75, 3.05) is 13.7 Å². The van der Waals surface area contributed by atoms with Crippen LogP contribution in [0.1, 0.15) is 71.6 Å². The first-order valence-electron chi connectivity index (χ1n) is 9.40. The molecule has 0 fully saturated rings. The SMILES string of the molecule is CC/C=C\C/C=C\C/C=C\CCCCCCC(OC)C(=O)OCC. The quantitative estimate of drug-likeness (QED) is 0.216. The number of carbonyl (C=O) groups is 1. The number of rotatable bonds is 15. The van der Waals surface area contributed by atoms with Crippen LogP contribution in [0.4, 0.5) is 0 Å². The maximum Gasteiger partial charge on any atom is 0.335 e. The summed E-state index contributed by atoms with van der Waals surface area (Å²) in [6.45, 7) is 4.38. The molecule has 138 valence electrons. The molecule has 0 saturated carbocycles. The van der Waals surface area contributed by atoms with Crippen LogP contribution in [0.25, 0.3) is 0 Å². The van der Waals surface area contributed by atoms with Gasteiger partial charge in [-0.3, -0.25) is 0 Å². The average Bonchev–Trinajstić information content (AvgIpc) is 2.58. The van der Waals surface area contributed by atoms with Crippen LogP contribution < -0.4 is 0 Å². The number of methoxy groups -OCH3 is 1. The number of allylic oxidation sites excluding steroid dienone is 6. The third-order valence-corrected chi connectivity index (χ3v) is 3.70. The lowest BCUT2D eigenvalue weighted by Crippen LogP contribution is -2.25. The summed E-state index contributed by atoms with van der Waals surface area (Å²) in [5.74, 6) is -0.235. The average molecular weight is 337 g/mol. The van der Waals surface area contributed by atoms with Crippen molar-refractivity contribution in [2.24, 2.45) is 0 Å². The first-order chi connectivity index (χ1) is 11.8. The van der Waals surface area contributed by atoms with E-state index in [0.717, 1.165) is 44.9 Å². The number of hydrogen-bond donors (Lipinski definition) is 0. The fourth-order valence-corrected chi connectivity index (χ4v) is 2.34. The van der Waals surface area contributed by atoms with Gasteiger partial charge in [0.15, 0.2) is 6.10 Å². The third kappa shape index (κ3) is 14.3. The Labute approximate surface area is 148 Å².